The van der Waals surface area contributed by atoms with Gasteiger partial charge in [0.25, 0.3) is 0 Å². The molecule has 26 heavy (non-hydrogen) atoms. The number of aryl methyl sites for hydroxylation is 1. The summed E-state index contributed by atoms with van der Waals surface area (Å²) < 4.78 is 33.4. The van der Waals surface area contributed by atoms with E-state index in [1.807, 2.05) is 6.92 Å². The molecule has 0 amide bonds. The zero-order valence-corrected chi connectivity index (χ0v) is 15.9. The van der Waals surface area contributed by atoms with Gasteiger partial charge in [0, 0.05) is 28.5 Å². The minimum absolute atomic E-state index is 0.0232. The quantitative estimate of drug-likeness (QED) is 0.568. The van der Waals surface area contributed by atoms with Gasteiger partial charge in [0.1, 0.15) is 12.2 Å². The van der Waals surface area contributed by atoms with Crippen molar-refractivity contribution < 1.29 is 22.4 Å². The fraction of sp³-hybridized carbons (Fsp3) is 0.444. The third-order valence-corrected chi connectivity index (χ3v) is 6.74. The van der Waals surface area contributed by atoms with Gasteiger partial charge in [0.2, 0.25) is 0 Å². The van der Waals surface area contributed by atoms with Crippen LogP contribution in [0.3, 0.4) is 0 Å². The van der Waals surface area contributed by atoms with Crippen molar-refractivity contribution in [1.82, 2.24) is 0 Å². The van der Waals surface area contributed by atoms with E-state index in [0.29, 0.717) is 34.4 Å². The highest BCUT2D eigenvalue weighted by molar-refractivity contribution is 7.91. The van der Waals surface area contributed by atoms with Gasteiger partial charge < -0.3 is 9.15 Å². The summed E-state index contributed by atoms with van der Waals surface area (Å²) in [6.45, 7) is 1.85. The smallest absolute Gasteiger partial charge is 0.336 e. The molecule has 1 aromatic carbocycles. The van der Waals surface area contributed by atoms with Crippen LogP contribution in [0.15, 0.2) is 27.4 Å². The molecule has 1 aliphatic rings. The number of ether oxygens (including phenoxy) is 1. The molecule has 6 nitrogen and oxygen atoms in total. The molecule has 1 unspecified atom stereocenters. The van der Waals surface area contributed by atoms with E-state index in [1.54, 1.807) is 12.1 Å². The zero-order chi connectivity index (χ0) is 18.9. The van der Waals surface area contributed by atoms with Crippen LogP contribution in [-0.4, -0.2) is 25.9 Å². The SMILES string of the molecule is CCc1cc2oc(=O)cc(COC(=O)CC3CCS(=O)(=O)C3)c2cc1Cl. The summed E-state index contributed by atoms with van der Waals surface area (Å²) in [6, 6.07) is 4.69. The Morgan fingerprint density at radius 1 is 1.31 bits per heavy atom. The van der Waals surface area contributed by atoms with Gasteiger partial charge in [-0.1, -0.05) is 18.5 Å². The lowest BCUT2D eigenvalue weighted by atomic mass is 10.1. The summed E-state index contributed by atoms with van der Waals surface area (Å²) in [5, 5.41) is 1.17. The lowest BCUT2D eigenvalue weighted by molar-refractivity contribution is -0.145. The van der Waals surface area contributed by atoms with Crippen molar-refractivity contribution in [1.29, 1.82) is 0 Å². The minimum atomic E-state index is -3.03. The van der Waals surface area contributed by atoms with Crippen LogP contribution in [0, 0.1) is 5.92 Å². The van der Waals surface area contributed by atoms with Crippen molar-refractivity contribution in [3.8, 4) is 0 Å². The molecule has 1 aromatic heterocycles. The largest absolute Gasteiger partial charge is 0.461 e. The predicted octanol–water partition coefficient (Wildman–Crippen LogP) is 2.88. The summed E-state index contributed by atoms with van der Waals surface area (Å²) in [4.78, 5) is 23.8. The summed E-state index contributed by atoms with van der Waals surface area (Å²) in [5.74, 6) is -0.542. The Balaban J connectivity index is 1.75. The normalized spacial score (nSPS) is 18.9. The Labute approximate surface area is 156 Å². The van der Waals surface area contributed by atoms with Crippen molar-refractivity contribution in [3.63, 3.8) is 0 Å². The Kier molecular flexibility index (Phi) is 5.39. The molecule has 0 radical (unpaired) electrons. The lowest BCUT2D eigenvalue weighted by Crippen LogP contribution is -2.13. The van der Waals surface area contributed by atoms with E-state index < -0.39 is 21.4 Å². The average molecular weight is 399 g/mol. The van der Waals surface area contributed by atoms with Crippen LogP contribution >= 0.6 is 11.6 Å². The fourth-order valence-electron chi connectivity index (χ4n) is 3.16. The Morgan fingerprint density at radius 3 is 2.73 bits per heavy atom. The van der Waals surface area contributed by atoms with Gasteiger partial charge in [-0.15, -0.1) is 0 Å². The number of rotatable bonds is 5. The van der Waals surface area contributed by atoms with Crippen molar-refractivity contribution >= 4 is 38.4 Å². The molecule has 1 aliphatic heterocycles. The highest BCUT2D eigenvalue weighted by Crippen LogP contribution is 2.27. The fourth-order valence-corrected chi connectivity index (χ4v) is 5.32. The maximum absolute atomic E-state index is 12.0. The molecule has 0 saturated carbocycles. The number of esters is 1. The van der Waals surface area contributed by atoms with Gasteiger partial charge in [0.15, 0.2) is 9.84 Å². The van der Waals surface area contributed by atoms with E-state index in [0.717, 1.165) is 5.56 Å². The third-order valence-electron chi connectivity index (χ3n) is 4.55. The van der Waals surface area contributed by atoms with E-state index in [1.165, 1.54) is 6.07 Å². The van der Waals surface area contributed by atoms with Crippen LogP contribution in [0.2, 0.25) is 5.02 Å². The number of hydrogen-bond acceptors (Lipinski definition) is 6. The van der Waals surface area contributed by atoms with Crippen LogP contribution in [0.1, 0.15) is 30.9 Å². The molecule has 0 bridgehead atoms. The van der Waals surface area contributed by atoms with Crippen LogP contribution in [0.4, 0.5) is 0 Å². The van der Waals surface area contributed by atoms with E-state index in [2.05, 4.69) is 0 Å². The molecular formula is C18H19ClO6S. The van der Waals surface area contributed by atoms with E-state index in [4.69, 9.17) is 20.8 Å². The van der Waals surface area contributed by atoms with Crippen LogP contribution < -0.4 is 5.63 Å². The van der Waals surface area contributed by atoms with Crippen LogP contribution in [0.5, 0.6) is 0 Å². The maximum atomic E-state index is 12.0. The minimum Gasteiger partial charge on any atom is -0.461 e. The highest BCUT2D eigenvalue weighted by Gasteiger charge is 2.29. The first-order chi connectivity index (χ1) is 12.3. The summed E-state index contributed by atoms with van der Waals surface area (Å²) in [7, 11) is -3.03. The Morgan fingerprint density at radius 2 is 2.08 bits per heavy atom. The van der Waals surface area contributed by atoms with Crippen LogP contribution in [-0.2, 0) is 32.4 Å². The van der Waals surface area contributed by atoms with Gasteiger partial charge in [-0.05, 0) is 36.5 Å². The number of carbonyl (C=O) groups is 1. The molecule has 1 saturated heterocycles. The van der Waals surface area contributed by atoms with Gasteiger partial charge in [-0.3, -0.25) is 4.79 Å². The molecule has 1 fully saturated rings. The number of halogens is 1. The van der Waals surface area contributed by atoms with Gasteiger partial charge >= 0.3 is 11.6 Å². The first-order valence-corrected chi connectivity index (χ1v) is 10.6. The second-order valence-corrected chi connectivity index (χ2v) is 9.15. The second kappa shape index (κ2) is 7.40. The zero-order valence-electron chi connectivity index (χ0n) is 14.3. The summed E-state index contributed by atoms with van der Waals surface area (Å²) >= 11 is 6.23. The summed E-state index contributed by atoms with van der Waals surface area (Å²) in [6.07, 6.45) is 1.23. The van der Waals surface area contributed by atoms with Gasteiger partial charge in [-0.25, -0.2) is 13.2 Å². The maximum Gasteiger partial charge on any atom is 0.336 e. The molecule has 1 atom stereocenters. The lowest BCUT2D eigenvalue weighted by Gasteiger charge is -2.10. The van der Waals surface area contributed by atoms with E-state index >= 15 is 0 Å². The average Bonchev–Trinajstić information content (AvgIpc) is 2.91. The molecule has 8 heteroatoms. The van der Waals surface area contributed by atoms with Crippen molar-refractivity contribution in [2.45, 2.75) is 32.8 Å². The second-order valence-electron chi connectivity index (χ2n) is 6.52. The summed E-state index contributed by atoms with van der Waals surface area (Å²) in [5.41, 5.74) is 1.23. The van der Waals surface area contributed by atoms with Crippen molar-refractivity contribution in [2.75, 3.05) is 11.5 Å². The number of carbonyl (C=O) groups excluding carboxylic acids is 1. The van der Waals surface area contributed by atoms with Crippen molar-refractivity contribution in [3.05, 3.63) is 44.8 Å². The molecule has 2 aromatic rings. The predicted molar refractivity (Wildman–Crippen MR) is 98.0 cm³/mol. The molecule has 3 rings (SSSR count). The Bertz CT molecular complexity index is 1010. The standard InChI is InChI=1S/C18H19ClO6S/c1-2-12-6-16-14(8-15(12)19)13(7-18(21)25-16)9-24-17(20)5-11-3-4-26(22,23)10-11/h6-8,11H,2-5,9-10H2,1H3. The van der Waals surface area contributed by atoms with Gasteiger partial charge in [0.05, 0.1) is 11.5 Å². The monoisotopic (exact) mass is 398 g/mol. The Hall–Kier alpha value is -1.86. The molecule has 0 N–H and O–H groups in total. The number of sulfone groups is 1. The number of hydrogen-bond donors (Lipinski definition) is 0. The first kappa shape index (κ1) is 18.9. The molecular weight excluding hydrogens is 380 g/mol. The first-order valence-electron chi connectivity index (χ1n) is 8.38. The van der Waals surface area contributed by atoms with E-state index in [9.17, 15) is 18.0 Å². The third kappa shape index (κ3) is 4.27. The van der Waals surface area contributed by atoms with E-state index in [-0.39, 0.29) is 30.5 Å². The number of fused-ring (bicyclic) bond motifs is 1. The molecule has 0 aliphatic carbocycles. The molecule has 0 spiro atoms. The van der Waals surface area contributed by atoms with Crippen LogP contribution in [0.25, 0.3) is 11.0 Å². The van der Waals surface area contributed by atoms with Crippen molar-refractivity contribution in [2.24, 2.45) is 5.92 Å². The highest BCUT2D eigenvalue weighted by atomic mass is 35.5. The molecule has 140 valence electrons. The number of benzene rings is 1. The van der Waals surface area contributed by atoms with Gasteiger partial charge in [-0.2, -0.15) is 0 Å². The topological polar surface area (TPSA) is 90.7 Å². The molecule has 2 heterocycles.